The molecule has 6 N–H and O–H groups in total. The molecule has 4 rings (SSSR count). The zero-order valence-electron chi connectivity index (χ0n) is 22.3. The average molecular weight is 529 g/mol. The molecular formula is C30H33FN6O2. The van der Waals surface area contributed by atoms with Crippen molar-refractivity contribution in [2.24, 2.45) is 21.5 Å². The number of anilines is 1. The quantitative estimate of drug-likeness (QED) is 0.318. The lowest BCUT2D eigenvalue weighted by molar-refractivity contribution is 0.193. The highest BCUT2D eigenvalue weighted by Gasteiger charge is 2.24. The third kappa shape index (κ3) is 6.26. The smallest absolute Gasteiger partial charge is 0.190 e. The summed E-state index contributed by atoms with van der Waals surface area (Å²) in [5.74, 6) is 0.300. The molecule has 1 unspecified atom stereocenters. The van der Waals surface area contributed by atoms with Gasteiger partial charge in [-0.05, 0) is 49.2 Å². The van der Waals surface area contributed by atoms with Gasteiger partial charge in [-0.1, -0.05) is 30.3 Å². The molecule has 8 nitrogen and oxygen atoms in total. The molecule has 9 heteroatoms. The molecule has 1 aliphatic heterocycles. The molecule has 1 aliphatic rings. The number of nitrogens with zero attached hydrogens (tertiary/aromatic N) is 3. The lowest BCUT2D eigenvalue weighted by atomic mass is 9.92. The van der Waals surface area contributed by atoms with Gasteiger partial charge in [-0.25, -0.2) is 9.37 Å². The van der Waals surface area contributed by atoms with Crippen molar-refractivity contribution in [1.82, 2.24) is 4.98 Å². The van der Waals surface area contributed by atoms with Crippen LogP contribution in [0.4, 0.5) is 10.2 Å². The first-order valence-corrected chi connectivity index (χ1v) is 12.7. The molecule has 202 valence electrons. The fraction of sp³-hybridized carbons (Fsp3) is 0.233. The predicted molar refractivity (Wildman–Crippen MR) is 154 cm³/mol. The molecule has 0 saturated carbocycles. The third-order valence-electron chi connectivity index (χ3n) is 6.34. The summed E-state index contributed by atoms with van der Waals surface area (Å²) in [5.41, 5.74) is 24.5. The van der Waals surface area contributed by atoms with Gasteiger partial charge >= 0.3 is 0 Å². The molecular weight excluding hydrogens is 495 g/mol. The number of fused-ring (bicyclic) bond motifs is 3. The van der Waals surface area contributed by atoms with Crippen LogP contribution < -0.4 is 21.9 Å². The molecule has 0 saturated heterocycles. The second kappa shape index (κ2) is 12.3. The summed E-state index contributed by atoms with van der Waals surface area (Å²) >= 11 is 0. The number of aromatic nitrogens is 1. The molecule has 2 aromatic carbocycles. The molecule has 0 spiro atoms. The van der Waals surface area contributed by atoms with Gasteiger partial charge in [0.1, 0.15) is 18.5 Å². The number of benzene rings is 2. The van der Waals surface area contributed by atoms with Crippen LogP contribution in [0.5, 0.6) is 5.75 Å². The van der Waals surface area contributed by atoms with Crippen molar-refractivity contribution in [2.75, 3.05) is 19.3 Å². The van der Waals surface area contributed by atoms with Crippen molar-refractivity contribution < 1.29 is 13.9 Å². The molecule has 0 amide bonds. The molecule has 2 bridgehead atoms. The van der Waals surface area contributed by atoms with E-state index in [1.54, 1.807) is 38.5 Å². The third-order valence-corrected chi connectivity index (χ3v) is 6.34. The van der Waals surface area contributed by atoms with Crippen LogP contribution in [0.1, 0.15) is 48.6 Å². The van der Waals surface area contributed by atoms with E-state index in [0.29, 0.717) is 51.5 Å². The molecule has 1 aromatic heterocycles. The predicted octanol–water partition coefficient (Wildman–Crippen LogP) is 4.91. The number of hydrogen-bond donors (Lipinski definition) is 3. The maximum atomic E-state index is 14.4. The Balaban J connectivity index is 1.97. The zero-order valence-corrected chi connectivity index (χ0v) is 22.3. The van der Waals surface area contributed by atoms with Crippen molar-refractivity contribution in [1.29, 1.82) is 0 Å². The summed E-state index contributed by atoms with van der Waals surface area (Å²) in [7, 11) is 1.66. The number of pyridine rings is 1. The van der Waals surface area contributed by atoms with Gasteiger partial charge in [0.2, 0.25) is 0 Å². The van der Waals surface area contributed by atoms with Crippen LogP contribution in [0.15, 0.2) is 87.8 Å². The second-order valence-corrected chi connectivity index (χ2v) is 9.04. The van der Waals surface area contributed by atoms with E-state index in [9.17, 15) is 4.39 Å². The van der Waals surface area contributed by atoms with E-state index in [0.717, 1.165) is 5.56 Å². The Morgan fingerprint density at radius 2 is 1.95 bits per heavy atom. The maximum absolute atomic E-state index is 14.4. The first-order chi connectivity index (χ1) is 18.8. The van der Waals surface area contributed by atoms with Crippen molar-refractivity contribution in [2.45, 2.75) is 33.0 Å². The molecule has 0 aliphatic carbocycles. The van der Waals surface area contributed by atoms with Gasteiger partial charge in [0.15, 0.2) is 17.5 Å². The Kier molecular flexibility index (Phi) is 8.60. The monoisotopic (exact) mass is 528 g/mol. The van der Waals surface area contributed by atoms with Crippen molar-refractivity contribution in [3.05, 3.63) is 106 Å². The summed E-state index contributed by atoms with van der Waals surface area (Å²) in [6.07, 6.45) is 2.94. The Morgan fingerprint density at radius 1 is 1.18 bits per heavy atom. The number of ether oxygens (including phenoxy) is 2. The lowest BCUT2D eigenvalue weighted by Gasteiger charge is -2.23. The minimum Gasteiger partial charge on any atom is -0.482 e. The van der Waals surface area contributed by atoms with Gasteiger partial charge < -0.3 is 26.7 Å². The van der Waals surface area contributed by atoms with Gasteiger partial charge in [-0.2, -0.15) is 0 Å². The summed E-state index contributed by atoms with van der Waals surface area (Å²) in [4.78, 5) is 13.4. The van der Waals surface area contributed by atoms with E-state index in [2.05, 4.69) is 9.98 Å². The van der Waals surface area contributed by atoms with Crippen LogP contribution >= 0.6 is 0 Å². The van der Waals surface area contributed by atoms with Crippen molar-refractivity contribution in [3.8, 4) is 5.75 Å². The standard InChI is InChI=1S/C30H33FN6O2/c1-4-36-28-21-13-26(29(33)37-16-21)39-18(2)24-14-22(31)10-11-23(24)27(32)20(15-35-3)12-25(28)30(34)38-17-19-8-6-5-7-9-19/h5-11,13-16,18H,4,12,17,32,34H2,1-3H3,(H2,33,37). The molecule has 1 atom stereocenters. The van der Waals surface area contributed by atoms with Gasteiger partial charge in [0.05, 0.1) is 5.71 Å². The van der Waals surface area contributed by atoms with E-state index in [-0.39, 0.29) is 24.7 Å². The molecule has 3 aromatic rings. The van der Waals surface area contributed by atoms with Gasteiger partial charge in [-0.3, -0.25) is 9.98 Å². The van der Waals surface area contributed by atoms with Gasteiger partial charge in [0, 0.05) is 60.4 Å². The fourth-order valence-electron chi connectivity index (χ4n) is 4.41. The number of nitrogen functional groups attached to an aromatic ring is 1. The summed E-state index contributed by atoms with van der Waals surface area (Å²) in [6.45, 7) is 4.47. The van der Waals surface area contributed by atoms with E-state index in [1.165, 1.54) is 12.1 Å². The lowest BCUT2D eigenvalue weighted by Crippen LogP contribution is -2.19. The highest BCUT2D eigenvalue weighted by atomic mass is 19.1. The van der Waals surface area contributed by atoms with Crippen LogP contribution in [0.3, 0.4) is 0 Å². The Bertz CT molecular complexity index is 1460. The van der Waals surface area contributed by atoms with Crippen LogP contribution in [0.25, 0.3) is 5.70 Å². The van der Waals surface area contributed by atoms with E-state index < -0.39 is 11.9 Å². The highest BCUT2D eigenvalue weighted by Crippen LogP contribution is 2.34. The zero-order chi connectivity index (χ0) is 27.9. The maximum Gasteiger partial charge on any atom is 0.190 e. The normalized spacial score (nSPS) is 18.3. The first-order valence-electron chi connectivity index (χ1n) is 12.7. The van der Waals surface area contributed by atoms with E-state index in [4.69, 9.17) is 31.7 Å². The van der Waals surface area contributed by atoms with Gasteiger partial charge in [0.25, 0.3) is 0 Å². The van der Waals surface area contributed by atoms with Crippen LogP contribution in [-0.4, -0.2) is 30.5 Å². The van der Waals surface area contributed by atoms with Crippen molar-refractivity contribution in [3.63, 3.8) is 0 Å². The van der Waals surface area contributed by atoms with Crippen molar-refractivity contribution >= 4 is 23.4 Å². The SMILES string of the molecule is CCN=C1C(=C(N)OCc2ccccc2)CC(C=NC)=C(N)c2ccc(F)cc2C(C)Oc2cc1cnc2N. The Labute approximate surface area is 227 Å². The largest absolute Gasteiger partial charge is 0.482 e. The molecule has 2 heterocycles. The number of aliphatic imine (C=N–C) groups is 2. The van der Waals surface area contributed by atoms with Crippen LogP contribution in [0.2, 0.25) is 0 Å². The fourth-order valence-corrected chi connectivity index (χ4v) is 4.41. The summed E-state index contributed by atoms with van der Waals surface area (Å²) in [6, 6.07) is 15.9. The molecule has 0 fully saturated rings. The number of halogens is 1. The highest BCUT2D eigenvalue weighted by molar-refractivity contribution is 6.14. The van der Waals surface area contributed by atoms with E-state index >= 15 is 0 Å². The Hall–Kier alpha value is -4.66. The van der Waals surface area contributed by atoms with Crippen LogP contribution in [-0.2, 0) is 11.3 Å². The summed E-state index contributed by atoms with van der Waals surface area (Å²) < 4.78 is 26.7. The van der Waals surface area contributed by atoms with E-state index in [1.807, 2.05) is 37.3 Å². The molecule has 0 radical (unpaired) electrons. The summed E-state index contributed by atoms with van der Waals surface area (Å²) in [5, 5.41) is 0. The second-order valence-electron chi connectivity index (χ2n) is 9.04. The van der Waals surface area contributed by atoms with Crippen LogP contribution in [0, 0.1) is 5.82 Å². The number of rotatable bonds is 5. The topological polar surface area (TPSA) is 134 Å². The minimum atomic E-state index is -0.589. The minimum absolute atomic E-state index is 0.185. The number of hydrogen-bond acceptors (Lipinski definition) is 8. The first kappa shape index (κ1) is 27.4. The van der Waals surface area contributed by atoms with Gasteiger partial charge in [-0.15, -0.1) is 0 Å². The Morgan fingerprint density at radius 3 is 2.67 bits per heavy atom. The number of allylic oxidation sites excluding steroid dienone is 2. The average Bonchev–Trinajstić information content (AvgIpc) is 2.94. The molecule has 39 heavy (non-hydrogen) atoms. The number of nitrogens with two attached hydrogens (primary N) is 3.